The summed E-state index contributed by atoms with van der Waals surface area (Å²) in [6.45, 7) is 3.74. The van der Waals surface area contributed by atoms with Crippen molar-refractivity contribution < 1.29 is 34.2 Å². The Labute approximate surface area is 222 Å². The van der Waals surface area contributed by atoms with Crippen LogP contribution in [0.15, 0.2) is 87.5 Å². The van der Waals surface area contributed by atoms with Crippen LogP contribution < -0.4 is 4.90 Å². The standard InChI is InChI=1S/C25H26N2O8S3/c1-18-4-10-21(11-5-18)36(29,30)26(3)37(31,32)22-14-8-20(9-15-22)27-17-16-24(25(27)28)35-38(33,34)23-12-6-19(2)7-13-23/h4-15,24H,16-17H2,1-3H3/t24-/m1/s1. The molecule has 13 heteroatoms. The Balaban J connectivity index is 1.50. The number of nitrogens with zero attached hydrogens (tertiary/aromatic N) is 2. The van der Waals surface area contributed by atoms with Crippen LogP contribution in [0.5, 0.6) is 0 Å². The van der Waals surface area contributed by atoms with Crippen LogP contribution in [0.4, 0.5) is 5.69 Å². The van der Waals surface area contributed by atoms with Gasteiger partial charge in [0.2, 0.25) is 0 Å². The van der Waals surface area contributed by atoms with Gasteiger partial charge in [0.25, 0.3) is 36.1 Å². The van der Waals surface area contributed by atoms with Crippen LogP contribution in [-0.4, -0.2) is 54.6 Å². The number of anilines is 1. The van der Waals surface area contributed by atoms with E-state index in [-0.39, 0.29) is 27.7 Å². The highest BCUT2D eigenvalue weighted by Gasteiger charge is 2.38. The number of sulfonamides is 2. The summed E-state index contributed by atoms with van der Waals surface area (Å²) in [4.78, 5) is 13.7. The maximum Gasteiger partial charge on any atom is 0.297 e. The van der Waals surface area contributed by atoms with E-state index in [1.54, 1.807) is 31.2 Å². The van der Waals surface area contributed by atoms with E-state index in [4.69, 9.17) is 4.18 Å². The van der Waals surface area contributed by atoms with Gasteiger partial charge in [-0.1, -0.05) is 39.1 Å². The molecule has 1 amide bonds. The maximum absolute atomic E-state index is 13.1. The summed E-state index contributed by atoms with van der Waals surface area (Å²) in [5.74, 6) is -0.588. The molecule has 1 aliphatic rings. The molecule has 0 spiro atoms. The Kier molecular flexibility index (Phi) is 7.51. The lowest BCUT2D eigenvalue weighted by molar-refractivity contribution is -0.122. The molecule has 0 aromatic heterocycles. The number of hydrogen-bond donors (Lipinski definition) is 0. The number of carbonyl (C=O) groups is 1. The summed E-state index contributed by atoms with van der Waals surface area (Å²) < 4.78 is 82.6. The first-order valence-corrected chi connectivity index (χ1v) is 15.7. The van der Waals surface area contributed by atoms with E-state index in [2.05, 4.69) is 0 Å². The molecule has 0 saturated carbocycles. The van der Waals surface area contributed by atoms with Crippen LogP contribution in [-0.2, 0) is 39.1 Å². The zero-order valence-corrected chi connectivity index (χ0v) is 23.3. The van der Waals surface area contributed by atoms with Gasteiger partial charge in [0.05, 0.1) is 14.7 Å². The maximum atomic E-state index is 13.1. The molecule has 202 valence electrons. The number of aryl methyl sites for hydroxylation is 2. The fourth-order valence-electron chi connectivity index (χ4n) is 3.85. The van der Waals surface area contributed by atoms with Crippen molar-refractivity contribution in [1.82, 2.24) is 3.71 Å². The smallest absolute Gasteiger partial charge is 0.297 e. The molecule has 0 bridgehead atoms. The third kappa shape index (κ3) is 5.38. The van der Waals surface area contributed by atoms with Gasteiger partial charge in [0.15, 0.2) is 6.10 Å². The number of benzene rings is 3. The van der Waals surface area contributed by atoms with Gasteiger partial charge in [-0.15, -0.1) is 0 Å². The summed E-state index contributed by atoms with van der Waals surface area (Å²) in [7, 11) is -12.0. The fraction of sp³-hybridized carbons (Fsp3) is 0.240. The minimum atomic E-state index is -4.44. The third-order valence-electron chi connectivity index (χ3n) is 6.15. The zero-order valence-electron chi connectivity index (χ0n) is 20.8. The molecule has 38 heavy (non-hydrogen) atoms. The van der Waals surface area contributed by atoms with Gasteiger partial charge in [-0.05, 0) is 62.4 Å². The number of rotatable bonds is 8. The second-order valence-corrected chi connectivity index (χ2v) is 14.6. The van der Waals surface area contributed by atoms with Crippen molar-refractivity contribution in [2.24, 2.45) is 0 Å². The minimum Gasteiger partial charge on any atom is -0.310 e. The Bertz CT molecular complexity index is 1670. The quantitative estimate of drug-likeness (QED) is 0.373. The van der Waals surface area contributed by atoms with Crippen LogP contribution in [0.1, 0.15) is 17.5 Å². The van der Waals surface area contributed by atoms with Gasteiger partial charge in [-0.3, -0.25) is 8.98 Å². The van der Waals surface area contributed by atoms with E-state index in [0.29, 0.717) is 9.40 Å². The first-order valence-electron chi connectivity index (χ1n) is 11.5. The summed E-state index contributed by atoms with van der Waals surface area (Å²) >= 11 is 0. The number of amides is 1. The molecule has 0 N–H and O–H groups in total. The van der Waals surface area contributed by atoms with Crippen LogP contribution in [0.2, 0.25) is 0 Å². The van der Waals surface area contributed by atoms with E-state index in [9.17, 15) is 30.0 Å². The average molecular weight is 579 g/mol. The molecule has 0 unspecified atom stereocenters. The van der Waals surface area contributed by atoms with Gasteiger partial charge >= 0.3 is 0 Å². The van der Waals surface area contributed by atoms with Crippen molar-refractivity contribution >= 4 is 41.8 Å². The molecule has 4 rings (SSSR count). The lowest BCUT2D eigenvalue weighted by atomic mass is 10.2. The highest BCUT2D eigenvalue weighted by atomic mass is 32.3. The second-order valence-electron chi connectivity index (χ2n) is 8.83. The molecular weight excluding hydrogens is 552 g/mol. The van der Waals surface area contributed by atoms with Gasteiger partial charge in [-0.2, -0.15) is 8.42 Å². The molecule has 1 saturated heterocycles. The fourth-order valence-corrected chi connectivity index (χ4v) is 8.02. The van der Waals surface area contributed by atoms with Crippen LogP contribution in [0, 0.1) is 13.8 Å². The predicted molar refractivity (Wildman–Crippen MR) is 140 cm³/mol. The van der Waals surface area contributed by atoms with Crippen molar-refractivity contribution in [2.45, 2.75) is 41.1 Å². The monoisotopic (exact) mass is 578 g/mol. The highest BCUT2D eigenvalue weighted by molar-refractivity contribution is 8.04. The van der Waals surface area contributed by atoms with Crippen molar-refractivity contribution in [3.63, 3.8) is 0 Å². The summed E-state index contributed by atoms with van der Waals surface area (Å²) in [5.41, 5.74) is 2.01. The topological polar surface area (TPSA) is 135 Å². The summed E-state index contributed by atoms with van der Waals surface area (Å²) in [5, 5.41) is 0. The molecule has 0 aliphatic carbocycles. The Morgan fingerprint density at radius 1 is 0.711 bits per heavy atom. The van der Waals surface area contributed by atoms with Crippen LogP contribution >= 0.6 is 0 Å². The Morgan fingerprint density at radius 3 is 1.61 bits per heavy atom. The van der Waals surface area contributed by atoms with E-state index in [1.807, 2.05) is 6.92 Å². The molecule has 0 radical (unpaired) electrons. The largest absolute Gasteiger partial charge is 0.310 e. The minimum absolute atomic E-state index is 0.0615. The van der Waals surface area contributed by atoms with E-state index in [0.717, 1.165) is 18.2 Å². The SMILES string of the molecule is Cc1ccc(S(=O)(=O)O[C@@H]2CCN(c3ccc(S(=O)(=O)N(C)S(=O)(=O)c4ccc(C)cc4)cc3)C2=O)cc1. The number of carbonyl (C=O) groups excluding carboxylic acids is 1. The van der Waals surface area contributed by atoms with Crippen LogP contribution in [0.25, 0.3) is 0 Å². The molecular formula is C25H26N2O8S3. The van der Waals surface area contributed by atoms with Gasteiger partial charge in [0, 0.05) is 25.7 Å². The third-order valence-corrected chi connectivity index (χ3v) is 11.8. The van der Waals surface area contributed by atoms with E-state index < -0.39 is 42.2 Å². The molecule has 3 aromatic rings. The molecule has 1 fully saturated rings. The molecule has 10 nitrogen and oxygen atoms in total. The van der Waals surface area contributed by atoms with E-state index >= 15 is 0 Å². The average Bonchev–Trinajstić information content (AvgIpc) is 3.23. The first kappa shape index (κ1) is 27.9. The normalized spacial score (nSPS) is 16.8. The number of hydrogen-bond acceptors (Lipinski definition) is 8. The summed E-state index contributed by atoms with van der Waals surface area (Å²) in [6.07, 6.45) is -1.11. The van der Waals surface area contributed by atoms with Gasteiger partial charge < -0.3 is 4.90 Å². The molecule has 1 atom stereocenters. The lowest BCUT2D eigenvalue weighted by Crippen LogP contribution is -2.33. The van der Waals surface area contributed by atoms with E-state index in [1.165, 1.54) is 53.4 Å². The Morgan fingerprint density at radius 2 is 1.13 bits per heavy atom. The van der Waals surface area contributed by atoms with Crippen LogP contribution in [0.3, 0.4) is 0 Å². The molecule has 1 heterocycles. The van der Waals surface area contributed by atoms with Gasteiger partial charge in [-0.25, -0.2) is 16.8 Å². The first-order chi connectivity index (χ1) is 17.7. The van der Waals surface area contributed by atoms with Crippen molar-refractivity contribution in [2.75, 3.05) is 18.5 Å². The molecule has 1 aliphatic heterocycles. The van der Waals surface area contributed by atoms with Crippen molar-refractivity contribution in [3.05, 3.63) is 83.9 Å². The molecule has 3 aromatic carbocycles. The van der Waals surface area contributed by atoms with Crippen molar-refractivity contribution in [3.8, 4) is 0 Å². The predicted octanol–water partition coefficient (Wildman–Crippen LogP) is 2.82. The second kappa shape index (κ2) is 10.2. The lowest BCUT2D eigenvalue weighted by Gasteiger charge is -2.19. The Hall–Kier alpha value is -3.10. The van der Waals surface area contributed by atoms with Crippen molar-refractivity contribution in [1.29, 1.82) is 0 Å². The summed E-state index contributed by atoms with van der Waals surface area (Å²) in [6, 6.07) is 16.9. The van der Waals surface area contributed by atoms with Gasteiger partial charge in [0.1, 0.15) is 0 Å². The zero-order chi connectivity index (χ0) is 27.9. The highest BCUT2D eigenvalue weighted by Crippen LogP contribution is 2.29.